The Kier molecular flexibility index (Phi) is 4.84. The van der Waals surface area contributed by atoms with E-state index >= 15 is 0 Å². The van der Waals surface area contributed by atoms with Gasteiger partial charge in [-0.25, -0.2) is 4.39 Å². The van der Waals surface area contributed by atoms with Crippen LogP contribution in [0.2, 0.25) is 5.02 Å². The van der Waals surface area contributed by atoms with Crippen LogP contribution in [-0.2, 0) is 0 Å². The van der Waals surface area contributed by atoms with Crippen molar-refractivity contribution in [3.63, 3.8) is 0 Å². The van der Waals surface area contributed by atoms with Crippen molar-refractivity contribution in [3.05, 3.63) is 34.6 Å². The lowest BCUT2D eigenvalue weighted by Crippen LogP contribution is -2.37. The first-order valence-electron chi connectivity index (χ1n) is 4.98. The normalized spacial score (nSPS) is 10.1. The average Bonchev–Trinajstić information content (AvgIpc) is 2.24. The Balaban J connectivity index is 2.97. The first kappa shape index (κ1) is 13.9. The van der Waals surface area contributed by atoms with Gasteiger partial charge in [-0.05, 0) is 25.1 Å². The maximum absolute atomic E-state index is 12.9. The largest absolute Gasteiger partial charge is 0.392 e. The number of carbonyl (C=O) groups is 1. The van der Waals surface area contributed by atoms with Gasteiger partial charge in [-0.2, -0.15) is 0 Å². The molecule has 0 unspecified atom stereocenters. The second-order valence-corrected chi connectivity index (χ2v) is 4.34. The van der Waals surface area contributed by atoms with Crippen molar-refractivity contribution >= 4 is 34.7 Å². The summed E-state index contributed by atoms with van der Waals surface area (Å²) in [6, 6.07) is 3.64. The molecule has 0 spiro atoms. The van der Waals surface area contributed by atoms with E-state index in [1.807, 2.05) is 0 Å². The van der Waals surface area contributed by atoms with E-state index in [-0.39, 0.29) is 28.0 Å². The van der Waals surface area contributed by atoms with Crippen molar-refractivity contribution in [2.45, 2.75) is 6.92 Å². The van der Waals surface area contributed by atoms with E-state index in [0.29, 0.717) is 6.54 Å². The van der Waals surface area contributed by atoms with Crippen LogP contribution in [-0.4, -0.2) is 28.9 Å². The summed E-state index contributed by atoms with van der Waals surface area (Å²) >= 11 is 10.6. The fourth-order valence-corrected chi connectivity index (χ4v) is 1.75. The van der Waals surface area contributed by atoms with Crippen LogP contribution in [0.5, 0.6) is 0 Å². The van der Waals surface area contributed by atoms with E-state index in [4.69, 9.17) is 29.6 Å². The van der Waals surface area contributed by atoms with E-state index < -0.39 is 5.82 Å². The Morgan fingerprint density at radius 2 is 2.24 bits per heavy atom. The lowest BCUT2D eigenvalue weighted by atomic mass is 10.2. The Morgan fingerprint density at radius 3 is 2.71 bits per heavy atom. The monoisotopic (exact) mass is 274 g/mol. The minimum atomic E-state index is -0.482. The van der Waals surface area contributed by atoms with E-state index in [2.05, 4.69) is 0 Å². The fraction of sp³-hybridized carbons (Fsp3) is 0.273. The zero-order valence-corrected chi connectivity index (χ0v) is 10.8. The number of amides is 1. The Labute approximate surface area is 109 Å². The third-order valence-corrected chi connectivity index (χ3v) is 2.62. The van der Waals surface area contributed by atoms with Crippen molar-refractivity contribution in [1.29, 1.82) is 0 Å². The molecule has 1 rings (SSSR count). The Hall–Kier alpha value is -1.20. The number of hydrogen-bond acceptors (Lipinski definition) is 2. The molecule has 6 heteroatoms. The summed E-state index contributed by atoms with van der Waals surface area (Å²) in [5.41, 5.74) is 5.63. The van der Waals surface area contributed by atoms with Gasteiger partial charge >= 0.3 is 0 Å². The minimum absolute atomic E-state index is 0.0800. The van der Waals surface area contributed by atoms with Gasteiger partial charge in [-0.3, -0.25) is 4.79 Å². The smallest absolute Gasteiger partial charge is 0.255 e. The molecule has 1 aromatic carbocycles. The maximum atomic E-state index is 12.9. The van der Waals surface area contributed by atoms with Crippen molar-refractivity contribution in [1.82, 2.24) is 4.90 Å². The third kappa shape index (κ3) is 3.64. The van der Waals surface area contributed by atoms with Crippen molar-refractivity contribution in [2.24, 2.45) is 5.73 Å². The van der Waals surface area contributed by atoms with Crippen LogP contribution in [0.25, 0.3) is 0 Å². The van der Waals surface area contributed by atoms with Gasteiger partial charge in [0.05, 0.1) is 22.1 Å². The summed E-state index contributed by atoms with van der Waals surface area (Å²) in [6.07, 6.45) is 0. The van der Waals surface area contributed by atoms with Crippen LogP contribution in [0, 0.1) is 5.82 Å². The second kappa shape index (κ2) is 5.93. The predicted octanol–water partition coefficient (Wildman–Crippen LogP) is 2.23. The molecule has 92 valence electrons. The van der Waals surface area contributed by atoms with Crippen LogP contribution < -0.4 is 5.73 Å². The molecule has 0 aliphatic carbocycles. The molecule has 0 bridgehead atoms. The topological polar surface area (TPSA) is 46.3 Å². The highest BCUT2D eigenvalue weighted by Gasteiger charge is 2.17. The van der Waals surface area contributed by atoms with Crippen LogP contribution in [0.1, 0.15) is 17.3 Å². The van der Waals surface area contributed by atoms with Gasteiger partial charge in [0.15, 0.2) is 0 Å². The van der Waals surface area contributed by atoms with Crippen molar-refractivity contribution in [3.8, 4) is 0 Å². The molecule has 0 saturated carbocycles. The average molecular weight is 275 g/mol. The van der Waals surface area contributed by atoms with Gasteiger partial charge in [-0.15, -0.1) is 0 Å². The van der Waals surface area contributed by atoms with Gasteiger partial charge in [0.25, 0.3) is 5.91 Å². The zero-order valence-electron chi connectivity index (χ0n) is 9.24. The van der Waals surface area contributed by atoms with E-state index in [0.717, 1.165) is 6.07 Å². The second-order valence-electron chi connectivity index (χ2n) is 3.41. The molecular formula is C11H12ClFN2OS. The number of likely N-dealkylation sites (N-methyl/N-ethyl adjacent to an activating group) is 1. The number of carbonyl (C=O) groups excluding carboxylic acids is 1. The standard InChI is InChI=1S/C11H12ClFN2OS/c1-2-15(6-10(14)17)11(16)8-4-3-7(13)5-9(8)12/h3-5H,2,6H2,1H3,(H2,14,17). The molecule has 0 saturated heterocycles. The Bertz CT molecular complexity index is 453. The molecule has 2 N–H and O–H groups in total. The molecule has 17 heavy (non-hydrogen) atoms. The highest BCUT2D eigenvalue weighted by molar-refractivity contribution is 7.80. The number of hydrogen-bond donors (Lipinski definition) is 1. The van der Waals surface area contributed by atoms with Crippen LogP contribution >= 0.6 is 23.8 Å². The summed E-state index contributed by atoms with van der Waals surface area (Å²) in [5, 5.41) is 0.0800. The molecular weight excluding hydrogens is 263 g/mol. The molecule has 0 aromatic heterocycles. The number of nitrogens with zero attached hydrogens (tertiary/aromatic N) is 1. The lowest BCUT2D eigenvalue weighted by Gasteiger charge is -2.20. The zero-order chi connectivity index (χ0) is 13.0. The molecule has 0 aliphatic heterocycles. The van der Waals surface area contributed by atoms with Gasteiger partial charge in [0.1, 0.15) is 5.82 Å². The molecule has 0 fully saturated rings. The summed E-state index contributed by atoms with van der Waals surface area (Å²) in [4.78, 5) is 13.7. The number of nitrogens with two attached hydrogens (primary N) is 1. The third-order valence-electron chi connectivity index (χ3n) is 2.18. The van der Waals surface area contributed by atoms with Gasteiger partial charge < -0.3 is 10.6 Å². The number of halogens is 2. The maximum Gasteiger partial charge on any atom is 0.255 e. The fourth-order valence-electron chi connectivity index (χ4n) is 1.35. The van der Waals surface area contributed by atoms with Gasteiger partial charge in [-0.1, -0.05) is 23.8 Å². The number of rotatable bonds is 4. The molecule has 0 aliphatic rings. The van der Waals surface area contributed by atoms with E-state index in [9.17, 15) is 9.18 Å². The molecule has 1 amide bonds. The quantitative estimate of drug-likeness (QED) is 0.857. The summed E-state index contributed by atoms with van der Waals surface area (Å²) in [6.45, 7) is 2.43. The van der Waals surface area contributed by atoms with Gasteiger partial charge in [0, 0.05) is 6.54 Å². The van der Waals surface area contributed by atoms with Crippen LogP contribution in [0.4, 0.5) is 4.39 Å². The number of thiocarbonyl (C=S) groups is 1. The minimum Gasteiger partial charge on any atom is -0.392 e. The van der Waals surface area contributed by atoms with Crippen molar-refractivity contribution in [2.75, 3.05) is 13.1 Å². The molecule has 1 aromatic rings. The van der Waals surface area contributed by atoms with Crippen molar-refractivity contribution < 1.29 is 9.18 Å². The summed E-state index contributed by atoms with van der Waals surface area (Å²) in [5.74, 6) is -0.797. The lowest BCUT2D eigenvalue weighted by molar-refractivity contribution is 0.0788. The van der Waals surface area contributed by atoms with Crippen LogP contribution in [0.15, 0.2) is 18.2 Å². The first-order valence-corrected chi connectivity index (χ1v) is 5.77. The molecule has 0 heterocycles. The molecule has 0 radical (unpaired) electrons. The first-order chi connectivity index (χ1) is 7.95. The molecule has 0 atom stereocenters. The van der Waals surface area contributed by atoms with E-state index in [1.54, 1.807) is 6.92 Å². The molecule has 3 nitrogen and oxygen atoms in total. The predicted molar refractivity (Wildman–Crippen MR) is 69.8 cm³/mol. The summed E-state index contributed by atoms with van der Waals surface area (Å²) in [7, 11) is 0. The summed E-state index contributed by atoms with van der Waals surface area (Å²) < 4.78 is 12.9. The van der Waals surface area contributed by atoms with Crippen LogP contribution in [0.3, 0.4) is 0 Å². The van der Waals surface area contributed by atoms with Gasteiger partial charge in [0.2, 0.25) is 0 Å². The van der Waals surface area contributed by atoms with E-state index in [1.165, 1.54) is 17.0 Å². The SMILES string of the molecule is CCN(CC(N)=S)C(=O)c1ccc(F)cc1Cl. The highest BCUT2D eigenvalue weighted by atomic mass is 35.5. The highest BCUT2D eigenvalue weighted by Crippen LogP contribution is 2.19. The Morgan fingerprint density at radius 1 is 1.59 bits per heavy atom. The number of benzene rings is 1.